The molecule has 114 valence electrons. The van der Waals surface area contributed by atoms with E-state index in [0.29, 0.717) is 18.0 Å². The van der Waals surface area contributed by atoms with Crippen molar-refractivity contribution in [2.45, 2.75) is 39.1 Å². The lowest BCUT2D eigenvalue weighted by molar-refractivity contribution is 0.310. The number of nitrogens with zero attached hydrogens (tertiary/aromatic N) is 1. The van der Waals surface area contributed by atoms with Crippen molar-refractivity contribution in [1.82, 2.24) is 9.62 Å². The first-order valence-electron chi connectivity index (χ1n) is 6.78. The molecule has 0 aliphatic rings. The third kappa shape index (κ3) is 4.30. The summed E-state index contributed by atoms with van der Waals surface area (Å²) in [5.74, 6) is 0. The van der Waals surface area contributed by atoms with E-state index in [1.54, 1.807) is 13.1 Å². The molecule has 0 spiro atoms. The van der Waals surface area contributed by atoms with Crippen LogP contribution >= 0.6 is 0 Å². The van der Waals surface area contributed by atoms with Gasteiger partial charge in [-0.25, -0.2) is 12.7 Å². The molecular formula is C15H26N2O2S. The monoisotopic (exact) mass is 298 g/mol. The molecule has 0 aliphatic heterocycles. The SMILES string of the molecule is CNCc1ccc(C)c(S(=O)(=O)N(C)CC(C)(C)C)c1. The fourth-order valence-electron chi connectivity index (χ4n) is 2.16. The van der Waals surface area contributed by atoms with Gasteiger partial charge in [0.1, 0.15) is 0 Å². The van der Waals surface area contributed by atoms with E-state index in [2.05, 4.69) is 5.32 Å². The van der Waals surface area contributed by atoms with Gasteiger partial charge in [0.05, 0.1) is 4.90 Å². The number of aryl methyl sites for hydroxylation is 1. The van der Waals surface area contributed by atoms with E-state index < -0.39 is 10.0 Å². The van der Waals surface area contributed by atoms with Gasteiger partial charge in [-0.15, -0.1) is 0 Å². The smallest absolute Gasteiger partial charge is 0.243 e. The first kappa shape index (κ1) is 17.1. The first-order chi connectivity index (χ1) is 9.08. The highest BCUT2D eigenvalue weighted by Gasteiger charge is 2.26. The second kappa shape index (κ2) is 6.24. The number of sulfonamides is 1. The molecule has 20 heavy (non-hydrogen) atoms. The van der Waals surface area contributed by atoms with Gasteiger partial charge < -0.3 is 5.32 Å². The molecule has 0 unspecified atom stereocenters. The highest BCUT2D eigenvalue weighted by Crippen LogP contribution is 2.24. The van der Waals surface area contributed by atoms with Gasteiger partial charge in [0, 0.05) is 20.1 Å². The summed E-state index contributed by atoms with van der Waals surface area (Å²) in [6.45, 7) is 9.08. The van der Waals surface area contributed by atoms with Crippen LogP contribution in [0.2, 0.25) is 0 Å². The molecule has 0 saturated carbocycles. The average Bonchev–Trinajstić information content (AvgIpc) is 2.29. The van der Waals surface area contributed by atoms with Crippen LogP contribution in [0.15, 0.2) is 23.1 Å². The van der Waals surface area contributed by atoms with Crippen LogP contribution in [-0.4, -0.2) is 33.4 Å². The van der Waals surface area contributed by atoms with Gasteiger partial charge in [0.15, 0.2) is 0 Å². The Morgan fingerprint density at radius 3 is 2.35 bits per heavy atom. The van der Waals surface area contributed by atoms with Crippen molar-refractivity contribution in [3.8, 4) is 0 Å². The van der Waals surface area contributed by atoms with Crippen LogP contribution in [0.3, 0.4) is 0 Å². The summed E-state index contributed by atoms with van der Waals surface area (Å²) in [6.07, 6.45) is 0. The molecule has 0 atom stereocenters. The fourth-order valence-corrected chi connectivity index (χ4v) is 3.83. The van der Waals surface area contributed by atoms with Crippen LogP contribution in [0.4, 0.5) is 0 Å². The van der Waals surface area contributed by atoms with Crippen molar-refractivity contribution in [3.05, 3.63) is 29.3 Å². The highest BCUT2D eigenvalue weighted by atomic mass is 32.2. The van der Waals surface area contributed by atoms with E-state index in [-0.39, 0.29) is 5.41 Å². The van der Waals surface area contributed by atoms with E-state index in [4.69, 9.17) is 0 Å². The predicted octanol–water partition coefficient (Wildman–Crippen LogP) is 2.38. The zero-order chi connectivity index (χ0) is 15.6. The molecule has 0 amide bonds. The summed E-state index contributed by atoms with van der Waals surface area (Å²) >= 11 is 0. The predicted molar refractivity (Wildman–Crippen MR) is 83.2 cm³/mol. The summed E-state index contributed by atoms with van der Waals surface area (Å²) in [5.41, 5.74) is 1.68. The van der Waals surface area contributed by atoms with Crippen molar-refractivity contribution < 1.29 is 8.42 Å². The molecule has 0 bridgehead atoms. The number of nitrogens with one attached hydrogen (secondary N) is 1. The number of benzene rings is 1. The maximum absolute atomic E-state index is 12.7. The Kier molecular flexibility index (Phi) is 5.35. The Bertz CT molecular complexity index is 560. The maximum Gasteiger partial charge on any atom is 0.243 e. The molecule has 0 aromatic heterocycles. The maximum atomic E-state index is 12.7. The summed E-state index contributed by atoms with van der Waals surface area (Å²) in [6, 6.07) is 5.58. The van der Waals surface area contributed by atoms with E-state index in [1.807, 2.05) is 46.9 Å². The molecule has 5 heteroatoms. The van der Waals surface area contributed by atoms with E-state index in [9.17, 15) is 8.42 Å². The van der Waals surface area contributed by atoms with Crippen LogP contribution in [0, 0.1) is 12.3 Å². The summed E-state index contributed by atoms with van der Waals surface area (Å²) in [7, 11) is 0.0525. The minimum atomic E-state index is -3.44. The molecule has 0 fully saturated rings. The van der Waals surface area contributed by atoms with Gasteiger partial charge in [-0.3, -0.25) is 0 Å². The lowest BCUT2D eigenvalue weighted by atomic mass is 9.97. The van der Waals surface area contributed by atoms with Crippen LogP contribution in [0.1, 0.15) is 31.9 Å². The molecule has 1 rings (SSSR count). The van der Waals surface area contributed by atoms with Gasteiger partial charge in [-0.1, -0.05) is 32.9 Å². The normalized spacial score (nSPS) is 12.9. The zero-order valence-corrected chi connectivity index (χ0v) is 14.1. The van der Waals surface area contributed by atoms with Crippen molar-refractivity contribution in [1.29, 1.82) is 0 Å². The van der Waals surface area contributed by atoms with Gasteiger partial charge in [-0.2, -0.15) is 0 Å². The van der Waals surface area contributed by atoms with Crippen molar-refractivity contribution in [2.75, 3.05) is 20.6 Å². The molecule has 0 saturated heterocycles. The Hall–Kier alpha value is -0.910. The van der Waals surface area contributed by atoms with Gasteiger partial charge >= 0.3 is 0 Å². The summed E-state index contributed by atoms with van der Waals surface area (Å²) < 4.78 is 26.8. The molecule has 1 aromatic carbocycles. The van der Waals surface area contributed by atoms with Crippen LogP contribution in [0.25, 0.3) is 0 Å². The third-order valence-electron chi connectivity index (χ3n) is 3.02. The quantitative estimate of drug-likeness (QED) is 0.908. The second-order valence-corrected chi connectivity index (χ2v) is 8.47. The number of hydrogen-bond donors (Lipinski definition) is 1. The lowest BCUT2D eigenvalue weighted by Crippen LogP contribution is -2.34. The van der Waals surface area contributed by atoms with E-state index in [0.717, 1.165) is 11.1 Å². The van der Waals surface area contributed by atoms with Gasteiger partial charge in [0.2, 0.25) is 10.0 Å². The minimum absolute atomic E-state index is 0.0711. The van der Waals surface area contributed by atoms with Crippen molar-refractivity contribution >= 4 is 10.0 Å². The van der Waals surface area contributed by atoms with Gasteiger partial charge in [0.25, 0.3) is 0 Å². The topological polar surface area (TPSA) is 49.4 Å². The summed E-state index contributed by atoms with van der Waals surface area (Å²) in [4.78, 5) is 0.400. The van der Waals surface area contributed by atoms with Crippen LogP contribution in [-0.2, 0) is 16.6 Å². The largest absolute Gasteiger partial charge is 0.316 e. The third-order valence-corrected chi connectivity index (χ3v) is 4.96. The number of hydrogen-bond acceptors (Lipinski definition) is 3. The Morgan fingerprint density at radius 2 is 1.85 bits per heavy atom. The van der Waals surface area contributed by atoms with Crippen LogP contribution < -0.4 is 5.32 Å². The molecular weight excluding hydrogens is 272 g/mol. The van der Waals surface area contributed by atoms with Crippen molar-refractivity contribution in [3.63, 3.8) is 0 Å². The zero-order valence-electron chi connectivity index (χ0n) is 13.3. The molecule has 1 aromatic rings. The lowest BCUT2D eigenvalue weighted by Gasteiger charge is -2.26. The molecule has 0 radical (unpaired) electrons. The fraction of sp³-hybridized carbons (Fsp3) is 0.600. The van der Waals surface area contributed by atoms with Crippen LogP contribution in [0.5, 0.6) is 0 Å². The Labute approximate surface area is 123 Å². The van der Waals surface area contributed by atoms with Crippen molar-refractivity contribution in [2.24, 2.45) is 5.41 Å². The van der Waals surface area contributed by atoms with Gasteiger partial charge in [-0.05, 0) is 36.6 Å². The second-order valence-electron chi connectivity index (χ2n) is 6.45. The summed E-state index contributed by atoms with van der Waals surface area (Å²) in [5, 5.41) is 3.04. The Morgan fingerprint density at radius 1 is 1.25 bits per heavy atom. The number of rotatable bonds is 5. The van der Waals surface area contributed by atoms with E-state index in [1.165, 1.54) is 4.31 Å². The molecule has 0 aliphatic carbocycles. The minimum Gasteiger partial charge on any atom is -0.316 e. The first-order valence-corrected chi connectivity index (χ1v) is 8.22. The molecule has 4 nitrogen and oxygen atoms in total. The highest BCUT2D eigenvalue weighted by molar-refractivity contribution is 7.89. The Balaban J connectivity index is 3.17. The van der Waals surface area contributed by atoms with E-state index >= 15 is 0 Å². The molecule has 0 heterocycles. The molecule has 1 N–H and O–H groups in total. The standard InChI is InChI=1S/C15H26N2O2S/c1-12-7-8-13(10-16-5)9-14(12)20(18,19)17(6)11-15(2,3)4/h7-9,16H,10-11H2,1-6H3. The average molecular weight is 298 g/mol.